The molecular formula is C21H15FN4O2S. The predicted octanol–water partition coefficient (Wildman–Crippen LogP) is 3.83. The monoisotopic (exact) mass is 406 g/mol. The molecule has 0 radical (unpaired) electrons. The van der Waals surface area contributed by atoms with Crippen LogP contribution in [0.15, 0.2) is 71.3 Å². The van der Waals surface area contributed by atoms with Crippen LogP contribution in [0, 0.1) is 5.82 Å². The number of carbonyl (C=O) groups is 1. The Morgan fingerprint density at radius 2 is 1.86 bits per heavy atom. The molecule has 29 heavy (non-hydrogen) atoms. The van der Waals surface area contributed by atoms with Crippen molar-refractivity contribution in [2.45, 2.75) is 6.54 Å². The van der Waals surface area contributed by atoms with E-state index in [1.54, 1.807) is 18.3 Å². The third-order valence-corrected chi connectivity index (χ3v) is 4.41. The Bertz CT molecular complexity index is 1160. The highest BCUT2D eigenvalue weighted by Gasteiger charge is 2.12. The zero-order valence-corrected chi connectivity index (χ0v) is 15.9. The van der Waals surface area contributed by atoms with E-state index in [1.807, 2.05) is 30.3 Å². The number of hydrogen-bond acceptors (Lipinski definition) is 5. The molecule has 0 atom stereocenters. The van der Waals surface area contributed by atoms with Crippen LogP contribution in [0.5, 0.6) is 0 Å². The van der Waals surface area contributed by atoms with Crippen molar-refractivity contribution < 1.29 is 13.6 Å². The van der Waals surface area contributed by atoms with E-state index in [0.29, 0.717) is 23.7 Å². The van der Waals surface area contributed by atoms with Crippen LogP contribution in [-0.2, 0) is 6.54 Å². The van der Waals surface area contributed by atoms with Crippen LogP contribution < -0.4 is 10.6 Å². The molecule has 0 saturated heterocycles. The van der Waals surface area contributed by atoms with Gasteiger partial charge in [-0.2, -0.15) is 4.98 Å². The summed E-state index contributed by atoms with van der Waals surface area (Å²) in [5.74, 6) is -0.704. The summed E-state index contributed by atoms with van der Waals surface area (Å²) in [6, 6.07) is 16.9. The smallest absolute Gasteiger partial charge is 0.260 e. The Balaban J connectivity index is 1.36. The number of aromatic nitrogens is 2. The average molecular weight is 406 g/mol. The SMILES string of the molecule is O=C(NC(=S)NCc1ccc(-c2nc3ncccc3o2)cc1)c1ccccc1F. The lowest BCUT2D eigenvalue weighted by Gasteiger charge is -2.10. The van der Waals surface area contributed by atoms with Crippen molar-refractivity contribution >= 4 is 34.5 Å². The van der Waals surface area contributed by atoms with Crippen molar-refractivity contribution in [3.8, 4) is 11.5 Å². The van der Waals surface area contributed by atoms with Gasteiger partial charge in [0.15, 0.2) is 16.3 Å². The number of amides is 1. The summed E-state index contributed by atoms with van der Waals surface area (Å²) in [6.45, 7) is 0.395. The summed E-state index contributed by atoms with van der Waals surface area (Å²) >= 11 is 5.11. The van der Waals surface area contributed by atoms with E-state index in [0.717, 1.165) is 11.1 Å². The number of fused-ring (bicyclic) bond motifs is 1. The summed E-state index contributed by atoms with van der Waals surface area (Å²) in [5, 5.41) is 5.51. The maximum absolute atomic E-state index is 13.6. The van der Waals surface area contributed by atoms with Crippen LogP contribution in [0.4, 0.5) is 4.39 Å². The molecule has 4 rings (SSSR count). The Kier molecular flexibility index (Phi) is 5.26. The fraction of sp³-hybridized carbons (Fsp3) is 0.0476. The molecule has 6 nitrogen and oxygen atoms in total. The van der Waals surface area contributed by atoms with Crippen molar-refractivity contribution in [2.75, 3.05) is 0 Å². The van der Waals surface area contributed by atoms with Crippen LogP contribution in [0.2, 0.25) is 0 Å². The van der Waals surface area contributed by atoms with Gasteiger partial charge < -0.3 is 9.73 Å². The number of carbonyl (C=O) groups excluding carboxylic acids is 1. The Morgan fingerprint density at radius 3 is 2.62 bits per heavy atom. The summed E-state index contributed by atoms with van der Waals surface area (Å²) in [4.78, 5) is 20.6. The first-order valence-electron chi connectivity index (χ1n) is 8.75. The molecule has 0 saturated carbocycles. The Morgan fingerprint density at radius 1 is 1.07 bits per heavy atom. The van der Waals surface area contributed by atoms with Crippen molar-refractivity contribution in [3.63, 3.8) is 0 Å². The van der Waals surface area contributed by atoms with E-state index in [2.05, 4.69) is 20.6 Å². The minimum atomic E-state index is -0.599. The maximum Gasteiger partial charge on any atom is 0.260 e. The average Bonchev–Trinajstić information content (AvgIpc) is 3.17. The number of pyridine rings is 1. The molecule has 2 N–H and O–H groups in total. The molecule has 0 spiro atoms. The Hall–Kier alpha value is -3.65. The molecule has 144 valence electrons. The van der Waals surface area contributed by atoms with Crippen LogP contribution in [0.1, 0.15) is 15.9 Å². The zero-order valence-electron chi connectivity index (χ0n) is 15.1. The number of halogens is 1. The van der Waals surface area contributed by atoms with E-state index in [9.17, 15) is 9.18 Å². The first-order chi connectivity index (χ1) is 14.1. The normalized spacial score (nSPS) is 10.7. The molecular weight excluding hydrogens is 391 g/mol. The lowest BCUT2D eigenvalue weighted by atomic mass is 10.1. The minimum Gasteiger partial charge on any atom is -0.434 e. The number of benzene rings is 2. The van der Waals surface area contributed by atoms with Crippen LogP contribution in [0.25, 0.3) is 22.7 Å². The lowest BCUT2D eigenvalue weighted by Crippen LogP contribution is -2.39. The molecule has 8 heteroatoms. The van der Waals surface area contributed by atoms with E-state index in [1.165, 1.54) is 18.2 Å². The molecule has 0 unspecified atom stereocenters. The highest BCUT2D eigenvalue weighted by molar-refractivity contribution is 7.80. The summed E-state index contributed by atoms with van der Waals surface area (Å²) in [5.41, 5.74) is 2.88. The molecule has 0 fully saturated rings. The number of rotatable bonds is 4. The number of nitrogens with zero attached hydrogens (tertiary/aromatic N) is 2. The second kappa shape index (κ2) is 8.15. The van der Waals surface area contributed by atoms with E-state index < -0.39 is 11.7 Å². The molecule has 4 aromatic rings. The van der Waals surface area contributed by atoms with Gasteiger partial charge in [0, 0.05) is 18.3 Å². The fourth-order valence-corrected chi connectivity index (χ4v) is 2.86. The van der Waals surface area contributed by atoms with Crippen molar-refractivity contribution in [2.24, 2.45) is 0 Å². The predicted molar refractivity (Wildman–Crippen MR) is 111 cm³/mol. The minimum absolute atomic E-state index is 0.0613. The van der Waals surface area contributed by atoms with Gasteiger partial charge in [0.25, 0.3) is 5.91 Å². The first-order valence-corrected chi connectivity index (χ1v) is 9.15. The van der Waals surface area contributed by atoms with Crippen molar-refractivity contribution in [3.05, 3.63) is 83.8 Å². The largest absolute Gasteiger partial charge is 0.434 e. The van der Waals surface area contributed by atoms with E-state index in [4.69, 9.17) is 16.6 Å². The van der Waals surface area contributed by atoms with Gasteiger partial charge in [0.1, 0.15) is 5.82 Å². The quantitative estimate of drug-likeness (QED) is 0.502. The van der Waals surface area contributed by atoms with Gasteiger partial charge in [-0.05, 0) is 54.2 Å². The second-order valence-corrected chi connectivity index (χ2v) is 6.57. The van der Waals surface area contributed by atoms with Gasteiger partial charge in [0.2, 0.25) is 5.89 Å². The molecule has 2 heterocycles. The third kappa shape index (κ3) is 4.27. The molecule has 0 aliphatic rings. The van der Waals surface area contributed by atoms with E-state index >= 15 is 0 Å². The van der Waals surface area contributed by atoms with Gasteiger partial charge in [0.05, 0.1) is 5.56 Å². The number of nitrogens with one attached hydrogen (secondary N) is 2. The topological polar surface area (TPSA) is 80.0 Å². The second-order valence-electron chi connectivity index (χ2n) is 6.16. The summed E-state index contributed by atoms with van der Waals surface area (Å²) < 4.78 is 19.3. The maximum atomic E-state index is 13.6. The van der Waals surface area contributed by atoms with Crippen LogP contribution in [-0.4, -0.2) is 21.0 Å². The first kappa shape index (κ1) is 18.7. The fourth-order valence-electron chi connectivity index (χ4n) is 2.70. The number of thiocarbonyl (C=S) groups is 1. The highest BCUT2D eigenvalue weighted by atomic mass is 32.1. The van der Waals surface area contributed by atoms with Crippen LogP contribution in [0.3, 0.4) is 0 Å². The highest BCUT2D eigenvalue weighted by Crippen LogP contribution is 2.23. The van der Waals surface area contributed by atoms with Crippen LogP contribution >= 0.6 is 12.2 Å². The lowest BCUT2D eigenvalue weighted by molar-refractivity contribution is 0.0972. The molecule has 2 aromatic carbocycles. The van der Waals surface area contributed by atoms with E-state index in [-0.39, 0.29) is 10.7 Å². The van der Waals surface area contributed by atoms with Gasteiger partial charge in [-0.15, -0.1) is 0 Å². The van der Waals surface area contributed by atoms with Gasteiger partial charge in [-0.3, -0.25) is 10.1 Å². The number of hydrogen-bond donors (Lipinski definition) is 2. The Labute approximate surface area is 170 Å². The molecule has 0 aliphatic carbocycles. The van der Waals surface area contributed by atoms with Gasteiger partial charge in [-0.25, -0.2) is 9.37 Å². The van der Waals surface area contributed by atoms with Crippen molar-refractivity contribution in [1.29, 1.82) is 0 Å². The summed E-state index contributed by atoms with van der Waals surface area (Å²) in [6.07, 6.45) is 1.66. The molecule has 0 bridgehead atoms. The molecule has 2 aromatic heterocycles. The standard InChI is InChI=1S/C21H15FN4O2S/c22-16-5-2-1-4-15(16)19(27)26-21(29)24-12-13-7-9-14(10-8-13)20-25-18-17(28-20)6-3-11-23-18/h1-11H,12H2,(H2,24,26,27,29). The third-order valence-electron chi connectivity index (χ3n) is 4.16. The van der Waals surface area contributed by atoms with Crippen molar-refractivity contribution in [1.82, 2.24) is 20.6 Å². The molecule has 1 amide bonds. The summed E-state index contributed by atoms with van der Waals surface area (Å²) in [7, 11) is 0. The van der Waals surface area contributed by atoms with Gasteiger partial charge in [-0.1, -0.05) is 24.3 Å². The van der Waals surface area contributed by atoms with Gasteiger partial charge >= 0.3 is 0 Å². The number of oxazole rings is 1. The zero-order chi connectivity index (χ0) is 20.2. The molecule has 0 aliphatic heterocycles.